The van der Waals surface area contributed by atoms with Crippen molar-refractivity contribution in [3.05, 3.63) is 77.0 Å². The maximum Gasteiger partial charge on any atom is 0.261 e. The number of nitrogens with one attached hydrogen (secondary N) is 1. The second-order valence-electron chi connectivity index (χ2n) is 5.32. The molecule has 1 amide bonds. The number of nitrogens with zero attached hydrogens (tertiary/aromatic N) is 3. The summed E-state index contributed by atoms with van der Waals surface area (Å²) < 4.78 is 0.964. The zero-order valence-electron chi connectivity index (χ0n) is 13.7. The predicted molar refractivity (Wildman–Crippen MR) is 103 cm³/mol. The molecule has 0 spiro atoms. The van der Waals surface area contributed by atoms with Crippen LogP contribution in [0.15, 0.2) is 71.5 Å². The molecule has 3 rings (SSSR count). The van der Waals surface area contributed by atoms with Crippen molar-refractivity contribution in [3.8, 4) is 0 Å². The second kappa shape index (κ2) is 7.90. The van der Waals surface area contributed by atoms with Crippen LogP contribution in [0, 0.1) is 0 Å². The molecule has 0 bridgehead atoms. The SMILES string of the molecule is CCN(C(=O)c1cnc(Nc2cccc(Br)c2)nc1)c1ccccc1. The van der Waals surface area contributed by atoms with Crippen LogP contribution in [0.2, 0.25) is 0 Å². The first kappa shape index (κ1) is 17.1. The Balaban J connectivity index is 1.76. The molecule has 5 nitrogen and oxygen atoms in total. The fourth-order valence-corrected chi connectivity index (χ4v) is 2.80. The monoisotopic (exact) mass is 396 g/mol. The van der Waals surface area contributed by atoms with Crippen LogP contribution in [0.4, 0.5) is 17.3 Å². The van der Waals surface area contributed by atoms with Crippen molar-refractivity contribution in [2.75, 3.05) is 16.8 Å². The largest absolute Gasteiger partial charge is 0.324 e. The highest BCUT2D eigenvalue weighted by molar-refractivity contribution is 9.10. The van der Waals surface area contributed by atoms with Crippen LogP contribution < -0.4 is 10.2 Å². The van der Waals surface area contributed by atoms with E-state index in [0.29, 0.717) is 18.1 Å². The van der Waals surface area contributed by atoms with Crippen LogP contribution in [-0.2, 0) is 0 Å². The van der Waals surface area contributed by atoms with E-state index in [1.807, 2.05) is 61.5 Å². The Labute approximate surface area is 154 Å². The number of halogens is 1. The first-order valence-corrected chi connectivity index (χ1v) is 8.68. The molecule has 0 aliphatic rings. The van der Waals surface area contributed by atoms with Crippen LogP contribution in [0.25, 0.3) is 0 Å². The molecule has 1 aromatic heterocycles. The van der Waals surface area contributed by atoms with E-state index in [4.69, 9.17) is 0 Å². The summed E-state index contributed by atoms with van der Waals surface area (Å²) in [6.45, 7) is 2.51. The number of carbonyl (C=O) groups is 1. The molecule has 3 aromatic rings. The number of amides is 1. The van der Waals surface area contributed by atoms with Gasteiger partial charge in [0.25, 0.3) is 5.91 Å². The second-order valence-corrected chi connectivity index (χ2v) is 6.23. The topological polar surface area (TPSA) is 58.1 Å². The van der Waals surface area contributed by atoms with E-state index in [9.17, 15) is 4.79 Å². The van der Waals surface area contributed by atoms with Gasteiger partial charge in [0.05, 0.1) is 5.56 Å². The Hall–Kier alpha value is -2.73. The molecule has 0 saturated carbocycles. The number of rotatable bonds is 5. The average Bonchev–Trinajstić information content (AvgIpc) is 2.64. The van der Waals surface area contributed by atoms with E-state index >= 15 is 0 Å². The van der Waals surface area contributed by atoms with Gasteiger partial charge in [0.1, 0.15) is 0 Å². The van der Waals surface area contributed by atoms with Gasteiger partial charge in [0.2, 0.25) is 5.95 Å². The Morgan fingerprint density at radius 3 is 2.44 bits per heavy atom. The number of anilines is 3. The summed E-state index contributed by atoms with van der Waals surface area (Å²) in [5.41, 5.74) is 2.17. The highest BCUT2D eigenvalue weighted by atomic mass is 79.9. The first-order chi connectivity index (χ1) is 12.2. The normalized spacial score (nSPS) is 10.3. The first-order valence-electron chi connectivity index (χ1n) is 7.89. The van der Waals surface area contributed by atoms with Crippen LogP contribution in [0.1, 0.15) is 17.3 Å². The molecule has 126 valence electrons. The summed E-state index contributed by atoms with van der Waals surface area (Å²) in [6.07, 6.45) is 3.09. The van der Waals surface area contributed by atoms with E-state index in [1.165, 1.54) is 0 Å². The molecule has 6 heteroatoms. The predicted octanol–water partition coefficient (Wildman–Crippen LogP) is 4.65. The Morgan fingerprint density at radius 2 is 1.80 bits per heavy atom. The van der Waals surface area contributed by atoms with E-state index in [1.54, 1.807) is 17.3 Å². The van der Waals surface area contributed by atoms with E-state index in [-0.39, 0.29) is 5.91 Å². The number of hydrogen-bond acceptors (Lipinski definition) is 4. The summed E-state index contributed by atoms with van der Waals surface area (Å²) in [7, 11) is 0. The average molecular weight is 397 g/mol. The molecule has 1 N–H and O–H groups in total. The van der Waals surface area contributed by atoms with E-state index in [2.05, 4.69) is 31.2 Å². The van der Waals surface area contributed by atoms with Gasteiger partial charge in [-0.2, -0.15) is 0 Å². The van der Waals surface area contributed by atoms with Gasteiger partial charge in [0, 0.05) is 34.8 Å². The van der Waals surface area contributed by atoms with Crippen molar-refractivity contribution >= 4 is 39.2 Å². The quantitative estimate of drug-likeness (QED) is 0.681. The molecular formula is C19H17BrN4O. The molecular weight excluding hydrogens is 380 g/mol. The number of aromatic nitrogens is 2. The van der Waals surface area contributed by atoms with Gasteiger partial charge in [0.15, 0.2) is 0 Å². The van der Waals surface area contributed by atoms with E-state index in [0.717, 1.165) is 15.8 Å². The van der Waals surface area contributed by atoms with Gasteiger partial charge in [-0.05, 0) is 37.3 Å². The lowest BCUT2D eigenvalue weighted by molar-refractivity contribution is 0.0987. The standard InChI is InChI=1S/C19H17BrN4O/c1-2-24(17-9-4-3-5-10-17)18(25)14-12-21-19(22-13-14)23-16-8-6-7-15(20)11-16/h3-13H,2H2,1H3,(H,21,22,23). The number of para-hydroxylation sites is 1. The number of benzene rings is 2. The maximum atomic E-state index is 12.7. The fourth-order valence-electron chi connectivity index (χ4n) is 2.41. The van der Waals surface area contributed by atoms with E-state index < -0.39 is 0 Å². The third kappa shape index (κ3) is 4.22. The molecule has 1 heterocycles. The van der Waals surface area contributed by atoms with Crippen LogP contribution in [-0.4, -0.2) is 22.4 Å². The summed E-state index contributed by atoms with van der Waals surface area (Å²) in [6, 6.07) is 17.3. The number of carbonyl (C=O) groups excluding carboxylic acids is 1. The minimum absolute atomic E-state index is 0.122. The lowest BCUT2D eigenvalue weighted by Gasteiger charge is -2.20. The lowest BCUT2D eigenvalue weighted by Crippen LogP contribution is -2.30. The summed E-state index contributed by atoms with van der Waals surface area (Å²) in [5, 5.41) is 3.11. The molecule has 0 saturated heterocycles. The Kier molecular flexibility index (Phi) is 5.40. The molecule has 25 heavy (non-hydrogen) atoms. The third-order valence-electron chi connectivity index (χ3n) is 3.61. The highest BCUT2D eigenvalue weighted by Gasteiger charge is 2.16. The molecule has 0 aliphatic carbocycles. The molecule has 2 aromatic carbocycles. The minimum Gasteiger partial charge on any atom is -0.324 e. The maximum absolute atomic E-state index is 12.7. The minimum atomic E-state index is -0.122. The molecule has 0 atom stereocenters. The van der Waals surface area contributed by atoms with Crippen LogP contribution in [0.3, 0.4) is 0 Å². The van der Waals surface area contributed by atoms with Crippen molar-refractivity contribution < 1.29 is 4.79 Å². The Morgan fingerprint density at radius 1 is 1.08 bits per heavy atom. The van der Waals surface area contributed by atoms with Gasteiger partial charge in [-0.25, -0.2) is 9.97 Å². The Bertz CT molecular complexity index is 853. The summed E-state index contributed by atoms with van der Waals surface area (Å²) in [4.78, 5) is 22.9. The van der Waals surface area contributed by atoms with Crippen LogP contribution in [0.5, 0.6) is 0 Å². The van der Waals surface area contributed by atoms with Gasteiger partial charge >= 0.3 is 0 Å². The highest BCUT2D eigenvalue weighted by Crippen LogP contribution is 2.19. The third-order valence-corrected chi connectivity index (χ3v) is 4.10. The summed E-state index contributed by atoms with van der Waals surface area (Å²) >= 11 is 3.42. The van der Waals surface area contributed by atoms with Crippen molar-refractivity contribution in [3.63, 3.8) is 0 Å². The van der Waals surface area contributed by atoms with Crippen molar-refractivity contribution in [2.24, 2.45) is 0 Å². The van der Waals surface area contributed by atoms with Gasteiger partial charge in [-0.1, -0.05) is 40.2 Å². The lowest BCUT2D eigenvalue weighted by atomic mass is 10.2. The van der Waals surface area contributed by atoms with Crippen molar-refractivity contribution in [2.45, 2.75) is 6.92 Å². The molecule has 0 aliphatic heterocycles. The van der Waals surface area contributed by atoms with Gasteiger partial charge in [-0.3, -0.25) is 4.79 Å². The molecule has 0 unspecified atom stereocenters. The molecule has 0 radical (unpaired) electrons. The zero-order chi connectivity index (χ0) is 17.6. The van der Waals surface area contributed by atoms with Crippen molar-refractivity contribution in [1.29, 1.82) is 0 Å². The fraction of sp³-hybridized carbons (Fsp3) is 0.105. The van der Waals surface area contributed by atoms with Crippen LogP contribution >= 0.6 is 15.9 Å². The van der Waals surface area contributed by atoms with Gasteiger partial charge in [-0.15, -0.1) is 0 Å². The summed E-state index contributed by atoms with van der Waals surface area (Å²) in [5.74, 6) is 0.320. The van der Waals surface area contributed by atoms with Gasteiger partial charge < -0.3 is 10.2 Å². The molecule has 0 fully saturated rings. The smallest absolute Gasteiger partial charge is 0.261 e. The van der Waals surface area contributed by atoms with Crippen molar-refractivity contribution in [1.82, 2.24) is 9.97 Å². The number of hydrogen-bond donors (Lipinski definition) is 1. The zero-order valence-corrected chi connectivity index (χ0v) is 15.3.